The summed E-state index contributed by atoms with van der Waals surface area (Å²) in [6, 6.07) is 9.87. The van der Waals surface area contributed by atoms with E-state index < -0.39 is 11.9 Å². The van der Waals surface area contributed by atoms with Crippen LogP contribution in [-0.2, 0) is 16.1 Å². The number of likely N-dealkylation sites (tertiary alicyclic amines) is 1. The van der Waals surface area contributed by atoms with E-state index >= 15 is 0 Å². The van der Waals surface area contributed by atoms with Crippen LogP contribution < -0.4 is 0 Å². The number of carboxylic acid groups (broad SMARTS) is 1. The molecule has 90 valence electrons. The van der Waals surface area contributed by atoms with Crippen molar-refractivity contribution in [2.75, 3.05) is 13.1 Å². The Balaban J connectivity index is 1.99. The van der Waals surface area contributed by atoms with Crippen molar-refractivity contribution >= 4 is 11.8 Å². The van der Waals surface area contributed by atoms with E-state index in [1.165, 1.54) is 0 Å². The fraction of sp³-hybridized carbons (Fsp3) is 0.385. The molecule has 0 amide bonds. The third kappa shape index (κ3) is 2.91. The van der Waals surface area contributed by atoms with Crippen LogP contribution in [0.1, 0.15) is 12.0 Å². The Morgan fingerprint density at radius 3 is 2.71 bits per heavy atom. The summed E-state index contributed by atoms with van der Waals surface area (Å²) in [5.41, 5.74) is 1.14. The second-order valence-electron chi connectivity index (χ2n) is 4.33. The van der Waals surface area contributed by atoms with Crippen LogP contribution in [-0.4, -0.2) is 34.8 Å². The van der Waals surface area contributed by atoms with Gasteiger partial charge in [-0.3, -0.25) is 14.5 Å². The summed E-state index contributed by atoms with van der Waals surface area (Å²) in [4.78, 5) is 24.4. The molecule has 1 saturated heterocycles. The van der Waals surface area contributed by atoms with Crippen LogP contribution >= 0.6 is 0 Å². The maximum atomic E-state index is 11.4. The lowest BCUT2D eigenvalue weighted by Gasteiger charge is -2.29. The minimum absolute atomic E-state index is 0.151. The number of hydrogen-bond acceptors (Lipinski definition) is 3. The number of nitrogens with zero attached hydrogens (tertiary/aromatic N) is 1. The largest absolute Gasteiger partial charge is 0.481 e. The SMILES string of the molecule is O=C(O)[C@@H]1CN(Cc2ccccc2)CCC1=O. The van der Waals surface area contributed by atoms with E-state index in [1.54, 1.807) is 0 Å². The molecule has 0 bridgehead atoms. The van der Waals surface area contributed by atoms with Crippen LogP contribution in [0.4, 0.5) is 0 Å². The lowest BCUT2D eigenvalue weighted by molar-refractivity contribution is -0.148. The van der Waals surface area contributed by atoms with Gasteiger partial charge in [0, 0.05) is 26.1 Å². The van der Waals surface area contributed by atoms with E-state index in [2.05, 4.69) is 0 Å². The predicted molar refractivity (Wildman–Crippen MR) is 62.5 cm³/mol. The lowest BCUT2D eigenvalue weighted by Crippen LogP contribution is -2.43. The van der Waals surface area contributed by atoms with E-state index in [0.717, 1.165) is 5.56 Å². The average Bonchev–Trinajstić information content (AvgIpc) is 2.32. The number of benzene rings is 1. The van der Waals surface area contributed by atoms with Crippen molar-refractivity contribution in [3.63, 3.8) is 0 Å². The Kier molecular flexibility index (Phi) is 3.54. The van der Waals surface area contributed by atoms with Crippen molar-refractivity contribution in [3.05, 3.63) is 35.9 Å². The lowest BCUT2D eigenvalue weighted by atomic mass is 9.96. The van der Waals surface area contributed by atoms with Gasteiger partial charge >= 0.3 is 5.97 Å². The van der Waals surface area contributed by atoms with Gasteiger partial charge in [-0.25, -0.2) is 0 Å². The molecule has 0 radical (unpaired) electrons. The third-order valence-electron chi connectivity index (χ3n) is 3.05. The highest BCUT2D eigenvalue weighted by molar-refractivity contribution is 5.99. The molecule has 1 aromatic rings. The van der Waals surface area contributed by atoms with Gasteiger partial charge in [0.15, 0.2) is 0 Å². The van der Waals surface area contributed by atoms with Gasteiger partial charge in [0.05, 0.1) is 0 Å². The van der Waals surface area contributed by atoms with Gasteiger partial charge in [-0.05, 0) is 5.56 Å². The molecule has 1 fully saturated rings. The van der Waals surface area contributed by atoms with Crippen LogP contribution in [0.15, 0.2) is 30.3 Å². The van der Waals surface area contributed by atoms with Crippen LogP contribution in [0.2, 0.25) is 0 Å². The maximum absolute atomic E-state index is 11.4. The number of ketones is 1. The minimum Gasteiger partial charge on any atom is -0.481 e. The zero-order valence-corrected chi connectivity index (χ0v) is 9.50. The number of Topliss-reactive ketones (excluding diaryl/α,β-unsaturated/α-hetero) is 1. The third-order valence-corrected chi connectivity index (χ3v) is 3.05. The average molecular weight is 233 g/mol. The summed E-state index contributed by atoms with van der Waals surface area (Å²) < 4.78 is 0. The van der Waals surface area contributed by atoms with Crippen LogP contribution in [0.5, 0.6) is 0 Å². The maximum Gasteiger partial charge on any atom is 0.315 e. The Labute approximate surface area is 99.9 Å². The number of carboxylic acids is 1. The normalized spacial score (nSPS) is 21.4. The highest BCUT2D eigenvalue weighted by atomic mass is 16.4. The van der Waals surface area contributed by atoms with Crippen molar-refractivity contribution in [2.24, 2.45) is 5.92 Å². The first-order chi connectivity index (χ1) is 8.16. The van der Waals surface area contributed by atoms with E-state index in [1.807, 2.05) is 35.2 Å². The first-order valence-electron chi connectivity index (χ1n) is 5.68. The molecule has 1 heterocycles. The van der Waals surface area contributed by atoms with Gasteiger partial charge in [-0.15, -0.1) is 0 Å². The van der Waals surface area contributed by atoms with Gasteiger partial charge in [-0.1, -0.05) is 30.3 Å². The van der Waals surface area contributed by atoms with Crippen molar-refractivity contribution in [2.45, 2.75) is 13.0 Å². The van der Waals surface area contributed by atoms with Gasteiger partial charge < -0.3 is 5.11 Å². The topological polar surface area (TPSA) is 57.6 Å². The zero-order chi connectivity index (χ0) is 12.3. The van der Waals surface area contributed by atoms with Crippen LogP contribution in [0.25, 0.3) is 0 Å². The zero-order valence-electron chi connectivity index (χ0n) is 9.50. The van der Waals surface area contributed by atoms with Crippen molar-refractivity contribution in [1.82, 2.24) is 4.90 Å². The Hall–Kier alpha value is -1.68. The highest BCUT2D eigenvalue weighted by Crippen LogP contribution is 2.16. The number of rotatable bonds is 3. The highest BCUT2D eigenvalue weighted by Gasteiger charge is 2.32. The minimum atomic E-state index is -1.01. The molecule has 1 atom stereocenters. The molecule has 1 aliphatic rings. The van der Waals surface area contributed by atoms with Gasteiger partial charge in [0.25, 0.3) is 0 Å². The summed E-state index contributed by atoms with van der Waals surface area (Å²) in [6.45, 7) is 1.68. The Morgan fingerprint density at radius 1 is 1.35 bits per heavy atom. The second kappa shape index (κ2) is 5.10. The summed E-state index contributed by atoms with van der Waals surface area (Å²) >= 11 is 0. The smallest absolute Gasteiger partial charge is 0.315 e. The molecular formula is C13H15NO3. The number of carbonyl (C=O) groups is 2. The monoisotopic (exact) mass is 233 g/mol. The molecule has 0 aliphatic carbocycles. The molecule has 0 spiro atoms. The quantitative estimate of drug-likeness (QED) is 0.796. The molecule has 4 heteroatoms. The summed E-state index contributed by atoms with van der Waals surface area (Å²) in [7, 11) is 0. The first kappa shape index (κ1) is 11.8. The molecule has 2 rings (SSSR count). The van der Waals surface area contributed by atoms with Crippen molar-refractivity contribution in [3.8, 4) is 0 Å². The number of aliphatic carboxylic acids is 1. The number of carbonyl (C=O) groups excluding carboxylic acids is 1. The molecule has 1 N–H and O–H groups in total. The second-order valence-corrected chi connectivity index (χ2v) is 4.33. The van der Waals surface area contributed by atoms with E-state index in [4.69, 9.17) is 5.11 Å². The molecule has 0 aromatic heterocycles. The number of piperidine rings is 1. The van der Waals surface area contributed by atoms with Crippen molar-refractivity contribution in [1.29, 1.82) is 0 Å². The van der Waals surface area contributed by atoms with Gasteiger partial charge in [0.2, 0.25) is 0 Å². The van der Waals surface area contributed by atoms with E-state index in [0.29, 0.717) is 26.1 Å². The molecule has 4 nitrogen and oxygen atoms in total. The van der Waals surface area contributed by atoms with E-state index in [9.17, 15) is 9.59 Å². The van der Waals surface area contributed by atoms with Crippen LogP contribution in [0.3, 0.4) is 0 Å². The van der Waals surface area contributed by atoms with E-state index in [-0.39, 0.29) is 5.78 Å². The fourth-order valence-electron chi connectivity index (χ4n) is 2.09. The Bertz CT molecular complexity index is 416. The molecule has 0 unspecified atom stereocenters. The summed E-state index contributed by atoms with van der Waals surface area (Å²) in [5.74, 6) is -2.01. The predicted octanol–water partition coefficient (Wildman–Crippen LogP) is 1.16. The van der Waals surface area contributed by atoms with Gasteiger partial charge in [0.1, 0.15) is 11.7 Å². The molecule has 17 heavy (non-hydrogen) atoms. The van der Waals surface area contributed by atoms with Crippen molar-refractivity contribution < 1.29 is 14.7 Å². The molecular weight excluding hydrogens is 218 g/mol. The van der Waals surface area contributed by atoms with Crippen LogP contribution in [0, 0.1) is 5.92 Å². The molecule has 1 aromatic carbocycles. The molecule has 0 saturated carbocycles. The number of hydrogen-bond donors (Lipinski definition) is 1. The molecule has 1 aliphatic heterocycles. The fourth-order valence-corrected chi connectivity index (χ4v) is 2.09. The standard InChI is InChI=1S/C13H15NO3/c15-12-6-7-14(9-11(12)13(16)17)8-10-4-2-1-3-5-10/h1-5,11H,6-9H2,(H,16,17)/t11-/m1/s1. The first-order valence-corrected chi connectivity index (χ1v) is 5.68. The van der Waals surface area contributed by atoms with Gasteiger partial charge in [-0.2, -0.15) is 0 Å². The summed E-state index contributed by atoms with van der Waals surface area (Å²) in [5, 5.41) is 8.95. The Morgan fingerprint density at radius 2 is 2.06 bits per heavy atom. The summed E-state index contributed by atoms with van der Waals surface area (Å²) in [6.07, 6.45) is 0.337.